The summed E-state index contributed by atoms with van der Waals surface area (Å²) in [6.07, 6.45) is 2.26. The quantitative estimate of drug-likeness (QED) is 0.837. The number of ether oxygens (including phenoxy) is 1. The minimum atomic E-state index is 0.154. The van der Waals surface area contributed by atoms with Gasteiger partial charge in [-0.25, -0.2) is 0 Å². The van der Waals surface area contributed by atoms with Crippen molar-refractivity contribution in [2.75, 3.05) is 20.2 Å². The monoisotopic (exact) mass is 354 g/mol. The largest absolute Gasteiger partial charge is 0.508 e. The molecule has 1 saturated heterocycles. The molecule has 0 bridgehead atoms. The molecule has 5 heteroatoms. The number of rotatable bonds is 6. The van der Waals surface area contributed by atoms with Gasteiger partial charge >= 0.3 is 0 Å². The van der Waals surface area contributed by atoms with Crippen molar-refractivity contribution < 1.29 is 14.6 Å². The van der Waals surface area contributed by atoms with Crippen LogP contribution in [0.15, 0.2) is 48.5 Å². The summed E-state index contributed by atoms with van der Waals surface area (Å²) >= 11 is 0. The number of amides is 1. The second-order valence-corrected chi connectivity index (χ2v) is 6.69. The summed E-state index contributed by atoms with van der Waals surface area (Å²) in [4.78, 5) is 14.5. The maximum absolute atomic E-state index is 12.6. The Kier molecular flexibility index (Phi) is 6.12. The molecule has 26 heavy (non-hydrogen) atoms. The van der Waals surface area contributed by atoms with E-state index in [0.29, 0.717) is 18.2 Å². The fraction of sp³-hybridized carbons (Fsp3) is 0.381. The van der Waals surface area contributed by atoms with E-state index in [2.05, 4.69) is 5.32 Å². The number of likely N-dealkylation sites (tertiary alicyclic amines) is 1. The first-order chi connectivity index (χ1) is 12.7. The highest BCUT2D eigenvalue weighted by Gasteiger charge is 2.23. The molecule has 138 valence electrons. The van der Waals surface area contributed by atoms with Crippen LogP contribution < -0.4 is 10.1 Å². The Morgan fingerprint density at radius 2 is 1.96 bits per heavy atom. The number of hydrogen-bond donors (Lipinski definition) is 2. The van der Waals surface area contributed by atoms with Crippen LogP contribution in [0.5, 0.6) is 11.5 Å². The first-order valence-corrected chi connectivity index (χ1v) is 9.06. The Bertz CT molecular complexity index is 740. The summed E-state index contributed by atoms with van der Waals surface area (Å²) in [5.41, 5.74) is 2.00. The van der Waals surface area contributed by atoms with E-state index in [1.807, 2.05) is 41.3 Å². The minimum absolute atomic E-state index is 0.154. The number of phenolic OH excluding ortho intramolecular Hbond substituents is 1. The average molecular weight is 354 g/mol. The highest BCUT2D eigenvalue weighted by atomic mass is 16.5. The van der Waals surface area contributed by atoms with E-state index >= 15 is 0 Å². The summed E-state index contributed by atoms with van der Waals surface area (Å²) in [7, 11) is 1.63. The third-order valence-corrected chi connectivity index (χ3v) is 4.89. The lowest BCUT2D eigenvalue weighted by atomic mass is 10.0. The molecule has 0 spiro atoms. The molecule has 2 N–H and O–H groups in total. The molecule has 0 unspecified atom stereocenters. The van der Waals surface area contributed by atoms with Crippen LogP contribution in [-0.2, 0) is 17.8 Å². The van der Waals surface area contributed by atoms with Crippen molar-refractivity contribution in [2.24, 2.45) is 0 Å². The standard InChI is InChI=1S/C21H26N2O3/c1-26-20-8-3-2-6-17(20)14-21(25)23-11-9-18(10-12-23)22-15-16-5-4-7-19(24)13-16/h2-8,13,18,22,24H,9-12,14-15H2,1H3. The van der Waals surface area contributed by atoms with Crippen LogP contribution in [0, 0.1) is 0 Å². The third kappa shape index (κ3) is 4.76. The Morgan fingerprint density at radius 3 is 2.69 bits per heavy atom. The number of para-hydroxylation sites is 1. The highest BCUT2D eigenvalue weighted by molar-refractivity contribution is 5.79. The van der Waals surface area contributed by atoms with Crippen LogP contribution >= 0.6 is 0 Å². The highest BCUT2D eigenvalue weighted by Crippen LogP contribution is 2.20. The van der Waals surface area contributed by atoms with Gasteiger partial charge in [0.25, 0.3) is 0 Å². The molecule has 2 aromatic carbocycles. The van der Waals surface area contributed by atoms with E-state index < -0.39 is 0 Å². The Labute approximate surface area is 154 Å². The summed E-state index contributed by atoms with van der Waals surface area (Å²) < 4.78 is 5.33. The summed E-state index contributed by atoms with van der Waals surface area (Å²) in [5, 5.41) is 13.0. The van der Waals surface area contributed by atoms with Gasteiger partial charge in [-0.1, -0.05) is 30.3 Å². The zero-order valence-corrected chi connectivity index (χ0v) is 15.1. The fourth-order valence-electron chi connectivity index (χ4n) is 3.39. The lowest BCUT2D eigenvalue weighted by Gasteiger charge is -2.32. The topological polar surface area (TPSA) is 61.8 Å². The number of piperidine rings is 1. The molecule has 0 saturated carbocycles. The number of hydrogen-bond acceptors (Lipinski definition) is 4. The second-order valence-electron chi connectivity index (χ2n) is 6.69. The van der Waals surface area contributed by atoms with E-state index in [9.17, 15) is 9.90 Å². The van der Waals surface area contributed by atoms with Gasteiger partial charge in [0.15, 0.2) is 0 Å². The van der Waals surface area contributed by atoms with Gasteiger partial charge in [-0.05, 0) is 36.6 Å². The van der Waals surface area contributed by atoms with E-state index in [0.717, 1.165) is 49.4 Å². The number of carbonyl (C=O) groups excluding carboxylic acids is 1. The molecule has 0 aromatic heterocycles. The van der Waals surface area contributed by atoms with Crippen molar-refractivity contribution in [3.63, 3.8) is 0 Å². The number of nitrogens with zero attached hydrogens (tertiary/aromatic N) is 1. The maximum atomic E-state index is 12.6. The average Bonchev–Trinajstić information content (AvgIpc) is 2.67. The predicted octanol–water partition coefficient (Wildman–Crippen LogP) is 2.72. The molecule has 2 aromatic rings. The smallest absolute Gasteiger partial charge is 0.227 e. The molecular weight excluding hydrogens is 328 g/mol. The summed E-state index contributed by atoms with van der Waals surface area (Å²) in [5.74, 6) is 1.21. The SMILES string of the molecule is COc1ccccc1CC(=O)N1CCC(NCc2cccc(O)c2)CC1. The van der Waals surface area contributed by atoms with Gasteiger partial charge in [-0.3, -0.25) is 4.79 Å². The third-order valence-electron chi connectivity index (χ3n) is 4.89. The molecule has 1 heterocycles. The van der Waals surface area contributed by atoms with E-state index in [1.165, 1.54) is 0 Å². The van der Waals surface area contributed by atoms with Crippen molar-refractivity contribution in [2.45, 2.75) is 31.8 Å². The first-order valence-electron chi connectivity index (χ1n) is 9.06. The molecule has 1 aliphatic rings. The van der Waals surface area contributed by atoms with Crippen molar-refractivity contribution in [3.05, 3.63) is 59.7 Å². The van der Waals surface area contributed by atoms with Crippen LogP contribution in [0.25, 0.3) is 0 Å². The Balaban J connectivity index is 1.46. The van der Waals surface area contributed by atoms with Crippen LogP contribution in [0.3, 0.4) is 0 Å². The first kappa shape index (κ1) is 18.3. The lowest BCUT2D eigenvalue weighted by Crippen LogP contribution is -2.45. The zero-order chi connectivity index (χ0) is 18.4. The van der Waals surface area contributed by atoms with E-state index in [4.69, 9.17) is 4.74 Å². The van der Waals surface area contributed by atoms with Crippen molar-refractivity contribution in [1.29, 1.82) is 0 Å². The molecular formula is C21H26N2O3. The van der Waals surface area contributed by atoms with Gasteiger partial charge in [-0.2, -0.15) is 0 Å². The van der Waals surface area contributed by atoms with Crippen molar-refractivity contribution in [3.8, 4) is 11.5 Å². The van der Waals surface area contributed by atoms with Crippen LogP contribution in [-0.4, -0.2) is 42.2 Å². The number of aromatic hydroxyl groups is 1. The molecule has 0 aliphatic carbocycles. The summed E-state index contributed by atoms with van der Waals surface area (Å²) in [6.45, 7) is 2.27. The Hall–Kier alpha value is -2.53. The van der Waals surface area contributed by atoms with Gasteiger partial charge in [0.1, 0.15) is 11.5 Å². The predicted molar refractivity (Wildman–Crippen MR) is 101 cm³/mol. The number of phenols is 1. The Morgan fingerprint density at radius 1 is 1.19 bits per heavy atom. The van der Waals surface area contributed by atoms with E-state index in [1.54, 1.807) is 19.2 Å². The minimum Gasteiger partial charge on any atom is -0.508 e. The second kappa shape index (κ2) is 8.72. The molecule has 1 amide bonds. The molecule has 0 radical (unpaired) electrons. The van der Waals surface area contributed by atoms with E-state index in [-0.39, 0.29) is 5.91 Å². The number of carbonyl (C=O) groups is 1. The normalized spacial score (nSPS) is 15.0. The lowest BCUT2D eigenvalue weighted by molar-refractivity contribution is -0.131. The van der Waals surface area contributed by atoms with Crippen molar-refractivity contribution in [1.82, 2.24) is 10.2 Å². The molecule has 5 nitrogen and oxygen atoms in total. The van der Waals surface area contributed by atoms with Crippen LogP contribution in [0.1, 0.15) is 24.0 Å². The van der Waals surface area contributed by atoms with Crippen LogP contribution in [0.4, 0.5) is 0 Å². The zero-order valence-electron chi connectivity index (χ0n) is 15.1. The van der Waals surface area contributed by atoms with Crippen molar-refractivity contribution >= 4 is 5.91 Å². The number of methoxy groups -OCH3 is 1. The molecule has 0 atom stereocenters. The van der Waals surface area contributed by atoms with Gasteiger partial charge in [0.05, 0.1) is 13.5 Å². The van der Waals surface area contributed by atoms with Gasteiger partial charge in [0, 0.05) is 31.2 Å². The number of benzene rings is 2. The summed E-state index contributed by atoms with van der Waals surface area (Å²) in [6, 6.07) is 15.4. The molecule has 3 rings (SSSR count). The van der Waals surface area contributed by atoms with Crippen LogP contribution in [0.2, 0.25) is 0 Å². The fourth-order valence-corrected chi connectivity index (χ4v) is 3.39. The molecule has 1 fully saturated rings. The van der Waals surface area contributed by atoms with Gasteiger partial charge < -0.3 is 20.1 Å². The van der Waals surface area contributed by atoms with Gasteiger partial charge in [-0.15, -0.1) is 0 Å². The number of nitrogens with one attached hydrogen (secondary N) is 1. The molecule has 1 aliphatic heterocycles. The van der Waals surface area contributed by atoms with Gasteiger partial charge in [0.2, 0.25) is 5.91 Å². The maximum Gasteiger partial charge on any atom is 0.227 e.